The fraction of sp³-hybridized carbons (Fsp3) is 0.643. The monoisotopic (exact) mass is 299 g/mol. The molecule has 1 aromatic rings. The number of hydrogen-bond acceptors (Lipinski definition) is 3. The van der Waals surface area contributed by atoms with Crippen LogP contribution in [-0.4, -0.2) is 37.3 Å². The maximum Gasteiger partial charge on any atom is 0.355 e. The van der Waals surface area contributed by atoms with Gasteiger partial charge in [0.1, 0.15) is 6.61 Å². The van der Waals surface area contributed by atoms with Gasteiger partial charge in [0.15, 0.2) is 14.0 Å². The van der Waals surface area contributed by atoms with Gasteiger partial charge in [0.05, 0.1) is 0 Å². The van der Waals surface area contributed by atoms with Crippen LogP contribution in [0.2, 0.25) is 18.1 Å². The van der Waals surface area contributed by atoms with Crippen LogP contribution in [0.1, 0.15) is 37.7 Å². The number of hydrogen-bond donors (Lipinski definition) is 1. The Kier molecular flexibility index (Phi) is 5.41. The summed E-state index contributed by atoms with van der Waals surface area (Å²) in [5, 5.41) is 9.13. The van der Waals surface area contributed by atoms with Crippen molar-refractivity contribution >= 4 is 14.3 Å². The van der Waals surface area contributed by atoms with Gasteiger partial charge in [-0.05, 0) is 30.3 Å². The van der Waals surface area contributed by atoms with E-state index in [1.807, 2.05) is 0 Å². The van der Waals surface area contributed by atoms with Crippen LogP contribution in [-0.2, 0) is 4.43 Å². The second-order valence-corrected chi connectivity index (χ2v) is 11.1. The third-order valence-electron chi connectivity index (χ3n) is 3.72. The first-order chi connectivity index (χ1) is 9.15. The third kappa shape index (κ3) is 4.38. The molecular weight excluding hydrogens is 274 g/mol. The molecule has 0 aliphatic rings. The zero-order chi connectivity index (χ0) is 15.4. The molecule has 0 unspecified atom stereocenters. The Labute approximate surface area is 121 Å². The summed E-state index contributed by atoms with van der Waals surface area (Å²) in [5.74, 6) is -0.993. The number of rotatable bonds is 7. The highest BCUT2D eigenvalue weighted by Crippen LogP contribution is 2.36. The highest BCUT2D eigenvalue weighted by Gasteiger charge is 2.36. The SMILES string of the molecule is CC(C)(C)[Si](C)(C)OCCCOn1cccc1C(=O)O. The second-order valence-electron chi connectivity index (χ2n) is 6.32. The highest BCUT2D eigenvalue weighted by atomic mass is 28.4. The second kappa shape index (κ2) is 6.45. The van der Waals surface area contributed by atoms with Crippen LogP contribution < -0.4 is 4.84 Å². The van der Waals surface area contributed by atoms with Crippen molar-refractivity contribution in [2.75, 3.05) is 13.2 Å². The van der Waals surface area contributed by atoms with Gasteiger partial charge in [0, 0.05) is 19.2 Å². The van der Waals surface area contributed by atoms with Crippen molar-refractivity contribution < 1.29 is 19.2 Å². The van der Waals surface area contributed by atoms with E-state index < -0.39 is 14.3 Å². The predicted octanol–water partition coefficient (Wildman–Crippen LogP) is 3.03. The summed E-state index contributed by atoms with van der Waals surface area (Å²) in [6.45, 7) is 12.1. The first-order valence-electron chi connectivity index (χ1n) is 6.83. The normalized spacial score (nSPS) is 12.4. The van der Waals surface area contributed by atoms with E-state index >= 15 is 0 Å². The Balaban J connectivity index is 2.33. The molecule has 0 aromatic carbocycles. The van der Waals surface area contributed by atoms with Crippen LogP contribution in [0.25, 0.3) is 0 Å². The molecule has 5 nitrogen and oxygen atoms in total. The first kappa shape index (κ1) is 16.8. The van der Waals surface area contributed by atoms with Crippen molar-refractivity contribution in [3.8, 4) is 0 Å². The largest absolute Gasteiger partial charge is 0.476 e. The van der Waals surface area contributed by atoms with Gasteiger partial charge in [-0.3, -0.25) is 0 Å². The van der Waals surface area contributed by atoms with Crippen molar-refractivity contribution in [1.82, 2.24) is 4.73 Å². The number of carboxylic acids is 1. The van der Waals surface area contributed by atoms with Crippen molar-refractivity contribution in [2.24, 2.45) is 0 Å². The van der Waals surface area contributed by atoms with E-state index in [4.69, 9.17) is 14.4 Å². The quantitative estimate of drug-likeness (QED) is 0.621. The fourth-order valence-corrected chi connectivity index (χ4v) is 2.50. The molecule has 20 heavy (non-hydrogen) atoms. The Morgan fingerprint density at radius 3 is 2.55 bits per heavy atom. The number of carbonyl (C=O) groups is 1. The van der Waals surface area contributed by atoms with Gasteiger partial charge in [0.25, 0.3) is 0 Å². The predicted molar refractivity (Wildman–Crippen MR) is 80.6 cm³/mol. The zero-order valence-electron chi connectivity index (χ0n) is 13.0. The van der Waals surface area contributed by atoms with Crippen LogP contribution in [0.15, 0.2) is 18.3 Å². The molecule has 1 N–H and O–H groups in total. The number of aromatic carboxylic acids is 1. The summed E-state index contributed by atoms with van der Waals surface area (Å²) >= 11 is 0. The Hall–Kier alpha value is -1.27. The van der Waals surface area contributed by atoms with Gasteiger partial charge >= 0.3 is 5.97 Å². The molecule has 0 saturated carbocycles. The van der Waals surface area contributed by atoms with E-state index in [9.17, 15) is 4.79 Å². The van der Waals surface area contributed by atoms with E-state index in [1.165, 1.54) is 10.8 Å². The van der Waals surface area contributed by atoms with Crippen molar-refractivity contribution in [3.63, 3.8) is 0 Å². The Bertz CT molecular complexity index is 448. The fourth-order valence-electron chi connectivity index (χ4n) is 1.41. The van der Waals surface area contributed by atoms with Crippen molar-refractivity contribution in [3.05, 3.63) is 24.0 Å². The highest BCUT2D eigenvalue weighted by molar-refractivity contribution is 6.74. The van der Waals surface area contributed by atoms with Crippen LogP contribution in [0.4, 0.5) is 0 Å². The van der Waals surface area contributed by atoms with Crippen LogP contribution >= 0.6 is 0 Å². The summed E-state index contributed by atoms with van der Waals surface area (Å²) in [4.78, 5) is 16.3. The van der Waals surface area contributed by atoms with Crippen LogP contribution in [0, 0.1) is 0 Å². The van der Waals surface area contributed by atoms with Crippen molar-refractivity contribution in [1.29, 1.82) is 0 Å². The standard InChI is InChI=1S/C14H25NO4Si/c1-14(2,3)20(4,5)19-11-7-10-18-15-9-6-8-12(15)13(16)17/h6,8-9H,7,10-11H2,1-5H3,(H,16,17). The lowest BCUT2D eigenvalue weighted by molar-refractivity contribution is 0.0577. The van der Waals surface area contributed by atoms with Gasteiger partial charge < -0.3 is 14.4 Å². The molecule has 0 aliphatic heterocycles. The van der Waals surface area contributed by atoms with Crippen LogP contribution in [0.3, 0.4) is 0 Å². The maximum atomic E-state index is 10.9. The van der Waals surface area contributed by atoms with Crippen molar-refractivity contribution in [2.45, 2.75) is 45.3 Å². The number of nitrogens with zero attached hydrogens (tertiary/aromatic N) is 1. The summed E-state index contributed by atoms with van der Waals surface area (Å²) < 4.78 is 7.31. The first-order valence-corrected chi connectivity index (χ1v) is 9.74. The molecule has 0 saturated heterocycles. The lowest BCUT2D eigenvalue weighted by Gasteiger charge is -2.36. The third-order valence-corrected chi connectivity index (χ3v) is 8.26. The average Bonchev–Trinajstić information content (AvgIpc) is 2.75. The van der Waals surface area contributed by atoms with E-state index in [0.29, 0.717) is 13.2 Å². The lowest BCUT2D eigenvalue weighted by Crippen LogP contribution is -2.41. The molecule has 114 valence electrons. The number of carboxylic acid groups (broad SMARTS) is 1. The van der Waals surface area contributed by atoms with E-state index in [-0.39, 0.29) is 10.7 Å². The smallest absolute Gasteiger partial charge is 0.355 e. The van der Waals surface area contributed by atoms with Gasteiger partial charge in [0.2, 0.25) is 0 Å². The molecule has 0 bridgehead atoms. The molecule has 0 spiro atoms. The topological polar surface area (TPSA) is 60.7 Å². The molecule has 1 aromatic heterocycles. The van der Waals surface area contributed by atoms with E-state index in [0.717, 1.165) is 6.42 Å². The molecule has 0 radical (unpaired) electrons. The Morgan fingerprint density at radius 2 is 2.00 bits per heavy atom. The lowest BCUT2D eigenvalue weighted by atomic mass is 10.2. The average molecular weight is 299 g/mol. The molecule has 1 rings (SSSR count). The number of aromatic nitrogens is 1. The van der Waals surface area contributed by atoms with E-state index in [1.54, 1.807) is 12.3 Å². The van der Waals surface area contributed by atoms with E-state index in [2.05, 4.69) is 33.9 Å². The van der Waals surface area contributed by atoms with Gasteiger partial charge in [-0.15, -0.1) is 0 Å². The molecule has 0 atom stereocenters. The molecular formula is C14H25NO4Si. The van der Waals surface area contributed by atoms with Gasteiger partial charge in [-0.1, -0.05) is 20.8 Å². The summed E-state index contributed by atoms with van der Waals surface area (Å²) in [6.07, 6.45) is 2.34. The minimum Gasteiger partial charge on any atom is -0.476 e. The summed E-state index contributed by atoms with van der Waals surface area (Å²) in [6, 6.07) is 3.16. The van der Waals surface area contributed by atoms with Crippen LogP contribution in [0.5, 0.6) is 0 Å². The summed E-state index contributed by atoms with van der Waals surface area (Å²) in [5.41, 5.74) is 0.135. The van der Waals surface area contributed by atoms with Gasteiger partial charge in [-0.2, -0.15) is 4.73 Å². The Morgan fingerprint density at radius 1 is 1.35 bits per heavy atom. The molecule has 6 heteroatoms. The minimum absolute atomic E-state index is 0.135. The van der Waals surface area contributed by atoms with Gasteiger partial charge in [-0.25, -0.2) is 4.79 Å². The maximum absolute atomic E-state index is 10.9. The zero-order valence-corrected chi connectivity index (χ0v) is 14.0. The molecule has 1 heterocycles. The molecule has 0 aliphatic carbocycles. The molecule has 0 amide bonds. The minimum atomic E-state index is -1.71. The molecule has 0 fully saturated rings. The summed E-state index contributed by atoms with van der Waals surface area (Å²) in [7, 11) is -1.71.